The van der Waals surface area contributed by atoms with Gasteiger partial charge in [-0.2, -0.15) is 13.2 Å². The lowest BCUT2D eigenvalue weighted by molar-refractivity contribution is -0.174. The van der Waals surface area contributed by atoms with Gasteiger partial charge in [0.05, 0.1) is 5.56 Å². The molecule has 0 saturated heterocycles. The van der Waals surface area contributed by atoms with Gasteiger partial charge < -0.3 is 15.2 Å². The maximum absolute atomic E-state index is 13.4. The van der Waals surface area contributed by atoms with E-state index in [1.807, 2.05) is 5.32 Å². The van der Waals surface area contributed by atoms with Crippen LogP contribution >= 0.6 is 0 Å². The number of rotatable bonds is 10. The number of amides is 1. The number of alkyl halides is 3. The Morgan fingerprint density at radius 2 is 1.59 bits per heavy atom. The van der Waals surface area contributed by atoms with Crippen molar-refractivity contribution in [2.45, 2.75) is 30.9 Å². The number of carbonyl (C=O) groups excluding carboxylic acids is 3. The highest BCUT2D eigenvalue weighted by molar-refractivity contribution is 6.06. The van der Waals surface area contributed by atoms with E-state index in [0.29, 0.717) is 4.57 Å². The third-order valence-electron chi connectivity index (χ3n) is 5.59. The maximum Gasteiger partial charge on any atom is 0.452 e. The van der Waals surface area contributed by atoms with Crippen LogP contribution in [0, 0.1) is 0 Å². The van der Waals surface area contributed by atoms with Crippen LogP contribution in [0.2, 0.25) is 0 Å². The largest absolute Gasteiger partial charge is 0.478 e. The van der Waals surface area contributed by atoms with E-state index in [0.717, 1.165) is 12.3 Å². The lowest BCUT2D eigenvalue weighted by Crippen LogP contribution is -2.66. The number of esters is 1. The molecule has 0 spiro atoms. The van der Waals surface area contributed by atoms with Crippen molar-refractivity contribution in [2.24, 2.45) is 5.73 Å². The van der Waals surface area contributed by atoms with E-state index < -0.39 is 60.1 Å². The van der Waals surface area contributed by atoms with E-state index >= 15 is 0 Å². The quantitative estimate of drug-likeness (QED) is 0.257. The number of ether oxygens (including phenoxy) is 1. The summed E-state index contributed by atoms with van der Waals surface area (Å²) in [6.07, 6.45) is -4.99. The molecule has 1 heterocycles. The van der Waals surface area contributed by atoms with Crippen LogP contribution in [0.4, 0.5) is 13.2 Å². The summed E-state index contributed by atoms with van der Waals surface area (Å²) in [5.74, 6) is -6.72. The Labute approximate surface area is 218 Å². The first-order chi connectivity index (χ1) is 18.3. The second-order valence-electron chi connectivity index (χ2n) is 8.33. The number of halogens is 3. The number of aromatic nitrogens is 1. The van der Waals surface area contributed by atoms with Gasteiger partial charge in [-0.25, -0.2) is 9.59 Å². The fourth-order valence-electron chi connectivity index (χ4n) is 3.60. The standard InChI is InChI=1S/C26H22F3N3O7/c27-26(28,29)21(34)19(14-16-7-2-1-3-8-16)31-23(37)25(30,32-12-5-4-11-20(32)33)24(38)39-15-17-9-6-10-18(13-17)22(35)36/h1-13,19H,14-15,30H2,(H,31,37)(H,35,36). The number of carboxylic acids is 1. The zero-order valence-corrected chi connectivity index (χ0v) is 20.1. The van der Waals surface area contributed by atoms with Crippen LogP contribution in [0.1, 0.15) is 21.5 Å². The Bertz CT molecular complexity index is 1440. The van der Waals surface area contributed by atoms with Gasteiger partial charge >= 0.3 is 18.1 Å². The summed E-state index contributed by atoms with van der Waals surface area (Å²) in [6.45, 7) is -0.595. The van der Waals surface area contributed by atoms with Crippen LogP contribution in [0.3, 0.4) is 0 Å². The van der Waals surface area contributed by atoms with E-state index in [-0.39, 0.29) is 16.7 Å². The monoisotopic (exact) mass is 545 g/mol. The molecule has 0 aliphatic carbocycles. The number of pyridine rings is 1. The Morgan fingerprint density at radius 3 is 2.21 bits per heavy atom. The van der Waals surface area contributed by atoms with Crippen molar-refractivity contribution in [1.82, 2.24) is 9.88 Å². The van der Waals surface area contributed by atoms with Crippen LogP contribution in [0.15, 0.2) is 83.8 Å². The molecule has 3 aromatic rings. The predicted molar refractivity (Wildman–Crippen MR) is 129 cm³/mol. The van der Waals surface area contributed by atoms with Crippen LogP contribution < -0.4 is 16.6 Å². The van der Waals surface area contributed by atoms with Crippen LogP contribution in [0.5, 0.6) is 0 Å². The fraction of sp³-hybridized carbons (Fsp3) is 0.192. The van der Waals surface area contributed by atoms with Crippen molar-refractivity contribution >= 4 is 23.6 Å². The van der Waals surface area contributed by atoms with Crippen molar-refractivity contribution in [3.05, 3.63) is 106 Å². The van der Waals surface area contributed by atoms with Gasteiger partial charge in [0.15, 0.2) is 0 Å². The SMILES string of the molecule is NC(C(=O)NC(Cc1ccccc1)C(=O)C(F)(F)F)(C(=O)OCc1cccc(C(=O)O)c1)n1ccccc1=O. The average Bonchev–Trinajstić information content (AvgIpc) is 2.90. The van der Waals surface area contributed by atoms with Gasteiger partial charge in [-0.1, -0.05) is 48.5 Å². The topological polar surface area (TPSA) is 158 Å². The highest BCUT2D eigenvalue weighted by Crippen LogP contribution is 2.21. The lowest BCUT2D eigenvalue weighted by atomic mass is 10.0. The van der Waals surface area contributed by atoms with Crippen molar-refractivity contribution in [3.8, 4) is 0 Å². The van der Waals surface area contributed by atoms with Gasteiger partial charge in [0, 0.05) is 18.7 Å². The minimum Gasteiger partial charge on any atom is -0.478 e. The molecule has 204 valence electrons. The lowest BCUT2D eigenvalue weighted by Gasteiger charge is -2.30. The summed E-state index contributed by atoms with van der Waals surface area (Å²) in [6, 6.07) is 14.0. The third-order valence-corrected chi connectivity index (χ3v) is 5.59. The van der Waals surface area contributed by atoms with Gasteiger partial charge in [-0.05, 0) is 29.3 Å². The predicted octanol–water partition coefficient (Wildman–Crippen LogP) is 1.76. The molecule has 1 aromatic heterocycles. The smallest absolute Gasteiger partial charge is 0.452 e. The average molecular weight is 545 g/mol. The van der Waals surface area contributed by atoms with Crippen molar-refractivity contribution in [2.75, 3.05) is 0 Å². The van der Waals surface area contributed by atoms with Crippen molar-refractivity contribution < 1.29 is 42.2 Å². The Hall–Kier alpha value is -4.78. The molecule has 0 aliphatic rings. The number of hydrogen-bond acceptors (Lipinski definition) is 7. The van der Waals surface area contributed by atoms with E-state index in [9.17, 15) is 37.1 Å². The maximum atomic E-state index is 13.4. The number of carbonyl (C=O) groups is 4. The van der Waals surface area contributed by atoms with Gasteiger partial charge in [0.2, 0.25) is 0 Å². The molecule has 13 heteroatoms. The number of carboxylic acid groups (broad SMARTS) is 1. The molecule has 2 aromatic carbocycles. The number of nitrogens with one attached hydrogen (secondary N) is 1. The molecule has 4 N–H and O–H groups in total. The molecule has 0 aliphatic heterocycles. The Morgan fingerprint density at radius 1 is 0.949 bits per heavy atom. The second-order valence-corrected chi connectivity index (χ2v) is 8.33. The summed E-state index contributed by atoms with van der Waals surface area (Å²) in [4.78, 5) is 62.4. The van der Waals surface area contributed by atoms with Gasteiger partial charge in [0.1, 0.15) is 12.6 Å². The number of nitrogens with zero attached hydrogens (tertiary/aromatic N) is 1. The van der Waals surface area contributed by atoms with Gasteiger partial charge in [-0.3, -0.25) is 24.7 Å². The highest BCUT2D eigenvalue weighted by Gasteiger charge is 2.50. The Balaban J connectivity index is 1.96. The first kappa shape index (κ1) is 28.8. The Kier molecular flexibility index (Phi) is 8.66. The number of hydrogen-bond donors (Lipinski definition) is 3. The van der Waals surface area contributed by atoms with Gasteiger partial charge in [0.25, 0.3) is 22.9 Å². The summed E-state index contributed by atoms with van der Waals surface area (Å²) in [7, 11) is 0. The summed E-state index contributed by atoms with van der Waals surface area (Å²) < 4.78 is 45.7. The molecule has 0 bridgehead atoms. The number of benzene rings is 2. The fourth-order valence-corrected chi connectivity index (χ4v) is 3.60. The minimum atomic E-state index is -5.34. The highest BCUT2D eigenvalue weighted by atomic mass is 19.4. The molecular formula is C26H22F3N3O7. The first-order valence-electron chi connectivity index (χ1n) is 11.3. The van der Waals surface area contributed by atoms with E-state index in [1.54, 1.807) is 6.07 Å². The molecule has 0 saturated carbocycles. The first-order valence-corrected chi connectivity index (χ1v) is 11.3. The molecule has 0 fully saturated rings. The summed E-state index contributed by atoms with van der Waals surface area (Å²) in [5, 5.41) is 11.0. The molecule has 3 rings (SSSR count). The van der Waals surface area contributed by atoms with E-state index in [1.165, 1.54) is 60.7 Å². The van der Waals surface area contributed by atoms with Crippen LogP contribution in [-0.2, 0) is 37.8 Å². The molecule has 2 atom stereocenters. The number of Topliss-reactive ketones (excluding diaryl/α,β-unsaturated/α-hetero) is 1. The van der Waals surface area contributed by atoms with E-state index in [4.69, 9.17) is 15.6 Å². The second kappa shape index (κ2) is 11.7. The minimum absolute atomic E-state index is 0.131. The van der Waals surface area contributed by atoms with Crippen LogP contribution in [0.25, 0.3) is 0 Å². The molecular weight excluding hydrogens is 523 g/mol. The third kappa shape index (κ3) is 6.76. The van der Waals surface area contributed by atoms with Crippen molar-refractivity contribution in [1.29, 1.82) is 0 Å². The molecule has 10 nitrogen and oxygen atoms in total. The number of nitrogens with two attached hydrogens (primary N) is 1. The number of aromatic carboxylic acids is 1. The molecule has 0 radical (unpaired) electrons. The van der Waals surface area contributed by atoms with Gasteiger partial charge in [-0.15, -0.1) is 0 Å². The zero-order chi connectivity index (χ0) is 28.8. The molecule has 1 amide bonds. The summed E-state index contributed by atoms with van der Waals surface area (Å²) in [5.41, 5.74) is 2.40. The number of ketones is 1. The van der Waals surface area contributed by atoms with Crippen LogP contribution in [-0.4, -0.2) is 45.5 Å². The molecule has 39 heavy (non-hydrogen) atoms. The normalized spacial score (nSPS) is 13.5. The van der Waals surface area contributed by atoms with E-state index in [2.05, 4.69) is 0 Å². The molecule has 2 unspecified atom stereocenters. The summed E-state index contributed by atoms with van der Waals surface area (Å²) >= 11 is 0. The van der Waals surface area contributed by atoms with Crippen molar-refractivity contribution in [3.63, 3.8) is 0 Å². The zero-order valence-electron chi connectivity index (χ0n) is 20.1.